The number of rotatable bonds is 4. The van der Waals surface area contributed by atoms with E-state index in [4.69, 9.17) is 0 Å². The molecule has 0 radical (unpaired) electrons. The standard InChI is InChI=1S/C14H25N5O/c1-10(9-19-7-5-6-8-19)15-12(20)11-16-13(18-17-11)14(2,3)4/h10H,5-9H2,1-4H3,(H,15,20)(H,16,17,18). The van der Waals surface area contributed by atoms with Gasteiger partial charge in [-0.2, -0.15) is 0 Å². The number of aromatic nitrogens is 3. The summed E-state index contributed by atoms with van der Waals surface area (Å²) in [5.41, 5.74) is -0.132. The maximum absolute atomic E-state index is 12.1. The van der Waals surface area contributed by atoms with Crippen molar-refractivity contribution in [1.82, 2.24) is 25.4 Å². The topological polar surface area (TPSA) is 73.9 Å². The van der Waals surface area contributed by atoms with Gasteiger partial charge in [-0.1, -0.05) is 20.8 Å². The third kappa shape index (κ3) is 3.79. The van der Waals surface area contributed by atoms with Crippen LogP contribution in [0, 0.1) is 0 Å². The van der Waals surface area contributed by atoms with Crippen molar-refractivity contribution in [2.45, 2.75) is 52.0 Å². The maximum Gasteiger partial charge on any atom is 0.291 e. The van der Waals surface area contributed by atoms with E-state index in [-0.39, 0.29) is 23.2 Å². The van der Waals surface area contributed by atoms with Gasteiger partial charge in [0.25, 0.3) is 5.91 Å². The van der Waals surface area contributed by atoms with Gasteiger partial charge < -0.3 is 10.2 Å². The van der Waals surface area contributed by atoms with E-state index >= 15 is 0 Å². The van der Waals surface area contributed by atoms with Crippen LogP contribution in [-0.2, 0) is 5.41 Å². The number of likely N-dealkylation sites (tertiary alicyclic amines) is 1. The van der Waals surface area contributed by atoms with Crippen LogP contribution in [0.5, 0.6) is 0 Å². The summed E-state index contributed by atoms with van der Waals surface area (Å²) in [5, 5.41) is 9.81. The average molecular weight is 279 g/mol. The Morgan fingerprint density at radius 3 is 2.60 bits per heavy atom. The first-order valence-electron chi connectivity index (χ1n) is 7.32. The Bertz CT molecular complexity index is 456. The van der Waals surface area contributed by atoms with Crippen molar-refractivity contribution < 1.29 is 4.79 Å². The molecular formula is C14H25N5O. The van der Waals surface area contributed by atoms with Crippen molar-refractivity contribution in [1.29, 1.82) is 0 Å². The van der Waals surface area contributed by atoms with Gasteiger partial charge in [-0.05, 0) is 32.9 Å². The third-order valence-electron chi connectivity index (χ3n) is 3.51. The SMILES string of the molecule is CC(CN1CCCC1)NC(=O)c1n[nH]c(C(C)(C)C)n1. The molecule has 0 aromatic carbocycles. The van der Waals surface area contributed by atoms with Crippen molar-refractivity contribution >= 4 is 5.91 Å². The molecule has 6 heteroatoms. The Morgan fingerprint density at radius 2 is 2.05 bits per heavy atom. The Kier molecular flexibility index (Phi) is 4.42. The summed E-state index contributed by atoms with van der Waals surface area (Å²) in [4.78, 5) is 18.7. The number of nitrogens with one attached hydrogen (secondary N) is 2. The summed E-state index contributed by atoms with van der Waals surface area (Å²) < 4.78 is 0. The molecule has 2 heterocycles. The lowest BCUT2D eigenvalue weighted by Crippen LogP contribution is -2.41. The maximum atomic E-state index is 12.1. The average Bonchev–Trinajstić information content (AvgIpc) is 2.97. The van der Waals surface area contributed by atoms with Gasteiger partial charge >= 0.3 is 0 Å². The number of aromatic amines is 1. The van der Waals surface area contributed by atoms with E-state index in [2.05, 4.69) is 25.4 Å². The summed E-state index contributed by atoms with van der Waals surface area (Å²) in [7, 11) is 0. The van der Waals surface area contributed by atoms with E-state index in [1.54, 1.807) is 0 Å². The van der Waals surface area contributed by atoms with Gasteiger partial charge in [-0.25, -0.2) is 4.98 Å². The molecule has 1 aliphatic heterocycles. The highest BCUT2D eigenvalue weighted by Gasteiger charge is 2.22. The molecule has 6 nitrogen and oxygen atoms in total. The van der Waals surface area contributed by atoms with Crippen LogP contribution in [-0.4, -0.2) is 51.7 Å². The van der Waals surface area contributed by atoms with E-state index in [1.807, 2.05) is 27.7 Å². The fourth-order valence-corrected chi connectivity index (χ4v) is 2.39. The molecule has 1 fully saturated rings. The van der Waals surface area contributed by atoms with Gasteiger partial charge in [0.1, 0.15) is 5.82 Å². The first kappa shape index (κ1) is 15.0. The van der Waals surface area contributed by atoms with Gasteiger partial charge in [-0.15, -0.1) is 5.10 Å². The van der Waals surface area contributed by atoms with Crippen LogP contribution in [0.15, 0.2) is 0 Å². The molecule has 1 aromatic rings. The van der Waals surface area contributed by atoms with Crippen LogP contribution in [0.1, 0.15) is 57.0 Å². The van der Waals surface area contributed by atoms with E-state index in [9.17, 15) is 4.79 Å². The molecule has 0 aliphatic carbocycles. The van der Waals surface area contributed by atoms with Gasteiger partial charge in [0.15, 0.2) is 0 Å². The number of carbonyl (C=O) groups is 1. The highest BCUT2D eigenvalue weighted by molar-refractivity contribution is 5.90. The molecule has 0 bridgehead atoms. The largest absolute Gasteiger partial charge is 0.346 e. The second-order valence-electron chi connectivity index (χ2n) is 6.64. The zero-order chi connectivity index (χ0) is 14.8. The van der Waals surface area contributed by atoms with E-state index in [0.717, 1.165) is 25.5 Å². The fraction of sp³-hybridized carbons (Fsp3) is 0.786. The lowest BCUT2D eigenvalue weighted by atomic mass is 9.96. The van der Waals surface area contributed by atoms with E-state index in [1.165, 1.54) is 12.8 Å². The summed E-state index contributed by atoms with van der Waals surface area (Å²) >= 11 is 0. The Hall–Kier alpha value is -1.43. The second kappa shape index (κ2) is 5.91. The molecule has 1 atom stereocenters. The van der Waals surface area contributed by atoms with Crippen LogP contribution in [0.3, 0.4) is 0 Å². The van der Waals surface area contributed by atoms with E-state index < -0.39 is 0 Å². The van der Waals surface area contributed by atoms with Crippen molar-refractivity contribution in [2.75, 3.05) is 19.6 Å². The van der Waals surface area contributed by atoms with Crippen molar-refractivity contribution in [3.05, 3.63) is 11.6 Å². The lowest BCUT2D eigenvalue weighted by Gasteiger charge is -2.20. The number of hydrogen-bond acceptors (Lipinski definition) is 4. The first-order chi connectivity index (χ1) is 9.36. The van der Waals surface area contributed by atoms with E-state index in [0.29, 0.717) is 0 Å². The Labute approximate surface area is 120 Å². The normalized spacial score (nSPS) is 18.2. The number of amides is 1. The monoisotopic (exact) mass is 279 g/mol. The number of hydrogen-bond donors (Lipinski definition) is 2. The number of nitrogens with zero attached hydrogens (tertiary/aromatic N) is 3. The summed E-state index contributed by atoms with van der Waals surface area (Å²) in [5.74, 6) is 0.751. The van der Waals surface area contributed by atoms with Crippen molar-refractivity contribution in [2.24, 2.45) is 0 Å². The predicted octanol–water partition coefficient (Wildman–Crippen LogP) is 1.32. The van der Waals surface area contributed by atoms with Crippen LogP contribution < -0.4 is 5.32 Å². The minimum Gasteiger partial charge on any atom is -0.346 e. The minimum absolute atomic E-state index is 0.109. The number of carbonyl (C=O) groups excluding carboxylic acids is 1. The fourth-order valence-electron chi connectivity index (χ4n) is 2.39. The quantitative estimate of drug-likeness (QED) is 0.871. The third-order valence-corrected chi connectivity index (χ3v) is 3.51. The minimum atomic E-state index is -0.205. The van der Waals surface area contributed by atoms with Crippen molar-refractivity contribution in [3.8, 4) is 0 Å². The van der Waals surface area contributed by atoms with Gasteiger partial charge in [-0.3, -0.25) is 9.89 Å². The summed E-state index contributed by atoms with van der Waals surface area (Å²) in [6.45, 7) is 11.3. The molecule has 0 saturated carbocycles. The van der Waals surface area contributed by atoms with Crippen LogP contribution in [0.4, 0.5) is 0 Å². The highest BCUT2D eigenvalue weighted by atomic mass is 16.2. The van der Waals surface area contributed by atoms with Crippen LogP contribution >= 0.6 is 0 Å². The van der Waals surface area contributed by atoms with Gasteiger partial charge in [0, 0.05) is 18.0 Å². The molecule has 1 aromatic heterocycles. The molecule has 0 spiro atoms. The molecule has 1 aliphatic rings. The Morgan fingerprint density at radius 1 is 1.40 bits per heavy atom. The molecule has 1 unspecified atom stereocenters. The first-order valence-corrected chi connectivity index (χ1v) is 7.32. The molecule has 112 valence electrons. The second-order valence-corrected chi connectivity index (χ2v) is 6.64. The zero-order valence-corrected chi connectivity index (χ0v) is 12.9. The molecule has 2 N–H and O–H groups in total. The smallest absolute Gasteiger partial charge is 0.291 e. The summed E-state index contributed by atoms with van der Waals surface area (Å²) in [6.07, 6.45) is 2.52. The highest BCUT2D eigenvalue weighted by Crippen LogP contribution is 2.17. The van der Waals surface area contributed by atoms with Crippen LogP contribution in [0.2, 0.25) is 0 Å². The van der Waals surface area contributed by atoms with Crippen LogP contribution in [0.25, 0.3) is 0 Å². The zero-order valence-electron chi connectivity index (χ0n) is 12.9. The Balaban J connectivity index is 1.89. The van der Waals surface area contributed by atoms with Gasteiger partial charge in [0.05, 0.1) is 0 Å². The van der Waals surface area contributed by atoms with Gasteiger partial charge in [0.2, 0.25) is 5.82 Å². The predicted molar refractivity (Wildman–Crippen MR) is 77.7 cm³/mol. The molecule has 1 saturated heterocycles. The molecular weight excluding hydrogens is 254 g/mol. The van der Waals surface area contributed by atoms with Crippen molar-refractivity contribution in [3.63, 3.8) is 0 Å². The number of H-pyrrole nitrogens is 1. The lowest BCUT2D eigenvalue weighted by molar-refractivity contribution is 0.0921. The molecule has 20 heavy (non-hydrogen) atoms. The molecule has 2 rings (SSSR count). The summed E-state index contributed by atoms with van der Waals surface area (Å²) in [6, 6.07) is 0.109. The molecule has 1 amide bonds.